The van der Waals surface area contributed by atoms with E-state index in [0.717, 1.165) is 27.5 Å². The largest absolute Gasteiger partial charge is 0.399 e. The summed E-state index contributed by atoms with van der Waals surface area (Å²) in [6.45, 7) is 2.07. The number of nitrogen functional groups attached to an aromatic ring is 1. The lowest BCUT2D eigenvalue weighted by Gasteiger charge is -2.03. The summed E-state index contributed by atoms with van der Waals surface area (Å²) in [5, 5.41) is 1.60. The lowest BCUT2D eigenvalue weighted by atomic mass is 10.2. The van der Waals surface area contributed by atoms with Crippen LogP contribution >= 0.6 is 23.4 Å². The summed E-state index contributed by atoms with van der Waals surface area (Å²) in [4.78, 5) is 7.88. The number of nitrogens with zero attached hydrogens (tertiary/aromatic N) is 1. The van der Waals surface area contributed by atoms with E-state index in [1.54, 1.807) is 17.8 Å². The third kappa shape index (κ3) is 2.76. The summed E-state index contributed by atoms with van der Waals surface area (Å²) in [6.07, 6.45) is 0. The van der Waals surface area contributed by atoms with Gasteiger partial charge in [0.1, 0.15) is 0 Å². The Morgan fingerprint density at radius 2 is 2.10 bits per heavy atom. The van der Waals surface area contributed by atoms with E-state index in [1.165, 1.54) is 5.56 Å². The van der Waals surface area contributed by atoms with Crippen molar-refractivity contribution in [3.05, 3.63) is 52.5 Å². The Morgan fingerprint density at radius 1 is 1.25 bits per heavy atom. The van der Waals surface area contributed by atoms with Crippen LogP contribution in [0, 0.1) is 6.92 Å². The fraction of sp³-hybridized carbons (Fsp3) is 0.133. The predicted molar refractivity (Wildman–Crippen MR) is 86.3 cm³/mol. The van der Waals surface area contributed by atoms with E-state index in [-0.39, 0.29) is 0 Å². The van der Waals surface area contributed by atoms with E-state index in [1.807, 2.05) is 18.2 Å². The van der Waals surface area contributed by atoms with Gasteiger partial charge in [0.25, 0.3) is 0 Å². The van der Waals surface area contributed by atoms with Crippen LogP contribution in [0.25, 0.3) is 11.0 Å². The molecule has 0 saturated carbocycles. The van der Waals surface area contributed by atoms with E-state index in [2.05, 4.69) is 29.0 Å². The summed E-state index contributed by atoms with van der Waals surface area (Å²) in [5.74, 6) is 0.762. The zero-order valence-electron chi connectivity index (χ0n) is 11.0. The molecule has 3 rings (SSSR count). The van der Waals surface area contributed by atoms with Crippen LogP contribution in [-0.4, -0.2) is 9.97 Å². The molecule has 20 heavy (non-hydrogen) atoms. The number of hydrogen-bond acceptors (Lipinski definition) is 3. The van der Waals surface area contributed by atoms with Crippen molar-refractivity contribution < 1.29 is 0 Å². The highest BCUT2D eigenvalue weighted by Gasteiger charge is 2.06. The predicted octanol–water partition coefficient (Wildman–Crippen LogP) is 4.40. The molecule has 5 heteroatoms. The maximum atomic E-state index is 6.17. The molecular formula is C15H14ClN3S. The quantitative estimate of drug-likeness (QED) is 0.557. The van der Waals surface area contributed by atoms with Crippen LogP contribution in [0.5, 0.6) is 0 Å². The number of hydrogen-bond donors (Lipinski definition) is 2. The van der Waals surface area contributed by atoms with Crippen molar-refractivity contribution in [3.63, 3.8) is 0 Å². The Balaban J connectivity index is 1.79. The van der Waals surface area contributed by atoms with Crippen LogP contribution in [0.15, 0.2) is 41.6 Å². The van der Waals surface area contributed by atoms with E-state index in [4.69, 9.17) is 17.3 Å². The maximum absolute atomic E-state index is 6.17. The first-order chi connectivity index (χ1) is 9.61. The highest BCUT2D eigenvalue weighted by Crippen LogP contribution is 2.28. The van der Waals surface area contributed by atoms with Crippen molar-refractivity contribution in [3.8, 4) is 0 Å². The smallest absolute Gasteiger partial charge is 0.166 e. The van der Waals surface area contributed by atoms with Gasteiger partial charge in [-0.05, 0) is 42.3 Å². The van der Waals surface area contributed by atoms with Crippen LogP contribution in [0.4, 0.5) is 5.69 Å². The molecule has 3 nitrogen and oxygen atoms in total. The lowest BCUT2D eigenvalue weighted by molar-refractivity contribution is 1.08. The van der Waals surface area contributed by atoms with Gasteiger partial charge in [-0.1, -0.05) is 35.5 Å². The summed E-state index contributed by atoms with van der Waals surface area (Å²) in [7, 11) is 0. The SMILES string of the molecule is Cc1ccc2nc(SCc3ccc(N)cc3Cl)[nH]c2c1. The number of nitrogens with one attached hydrogen (secondary N) is 1. The van der Waals surface area contributed by atoms with Crippen LogP contribution in [0.1, 0.15) is 11.1 Å². The van der Waals surface area contributed by atoms with Crippen molar-refractivity contribution >= 4 is 40.1 Å². The van der Waals surface area contributed by atoms with Crippen LogP contribution in [0.2, 0.25) is 5.02 Å². The molecule has 0 fully saturated rings. The Kier molecular flexibility index (Phi) is 3.59. The number of aromatic nitrogens is 2. The van der Waals surface area contributed by atoms with E-state index in [0.29, 0.717) is 10.7 Å². The number of nitrogens with two attached hydrogens (primary N) is 1. The summed E-state index contributed by atoms with van der Waals surface area (Å²) in [5.41, 5.74) is 10.7. The minimum Gasteiger partial charge on any atom is -0.399 e. The molecule has 102 valence electrons. The highest BCUT2D eigenvalue weighted by atomic mass is 35.5. The molecule has 0 unspecified atom stereocenters. The molecule has 0 aliphatic carbocycles. The Labute approximate surface area is 126 Å². The normalized spacial score (nSPS) is 11.1. The molecule has 0 radical (unpaired) electrons. The zero-order chi connectivity index (χ0) is 14.1. The number of halogens is 1. The monoisotopic (exact) mass is 303 g/mol. The number of aryl methyl sites for hydroxylation is 1. The highest BCUT2D eigenvalue weighted by molar-refractivity contribution is 7.98. The molecule has 0 aliphatic heterocycles. The zero-order valence-corrected chi connectivity index (χ0v) is 12.6. The van der Waals surface area contributed by atoms with E-state index >= 15 is 0 Å². The molecule has 0 amide bonds. The number of imidazole rings is 1. The Morgan fingerprint density at radius 3 is 2.90 bits per heavy atom. The van der Waals surface area contributed by atoms with Gasteiger partial charge >= 0.3 is 0 Å². The minimum absolute atomic E-state index is 0.683. The molecule has 0 spiro atoms. The van der Waals surface area contributed by atoms with Gasteiger partial charge < -0.3 is 10.7 Å². The van der Waals surface area contributed by atoms with Crippen molar-refractivity contribution in [2.45, 2.75) is 17.8 Å². The maximum Gasteiger partial charge on any atom is 0.166 e. The first-order valence-corrected chi connectivity index (χ1v) is 7.61. The number of fused-ring (bicyclic) bond motifs is 1. The average molecular weight is 304 g/mol. The third-order valence-corrected chi connectivity index (χ3v) is 4.33. The number of rotatable bonds is 3. The van der Waals surface area contributed by atoms with Crippen LogP contribution in [0.3, 0.4) is 0 Å². The van der Waals surface area contributed by atoms with Crippen molar-refractivity contribution in [1.29, 1.82) is 0 Å². The van der Waals surface area contributed by atoms with Crippen molar-refractivity contribution in [2.24, 2.45) is 0 Å². The molecule has 0 aliphatic rings. The molecule has 1 heterocycles. The minimum atomic E-state index is 0.683. The Hall–Kier alpha value is -1.65. The van der Waals surface area contributed by atoms with Crippen molar-refractivity contribution in [1.82, 2.24) is 9.97 Å². The standard InChI is InChI=1S/C15H14ClN3S/c1-9-2-5-13-14(6-9)19-15(18-13)20-8-10-3-4-11(17)7-12(10)16/h2-7H,8,17H2,1H3,(H,18,19). The van der Waals surface area contributed by atoms with Gasteiger partial charge in [0.2, 0.25) is 0 Å². The number of thioether (sulfide) groups is 1. The summed E-state index contributed by atoms with van der Waals surface area (Å²) >= 11 is 7.80. The van der Waals surface area contributed by atoms with E-state index < -0.39 is 0 Å². The topological polar surface area (TPSA) is 54.7 Å². The molecular weight excluding hydrogens is 290 g/mol. The molecule has 2 aromatic carbocycles. The fourth-order valence-corrected chi connectivity index (χ4v) is 3.22. The average Bonchev–Trinajstić information content (AvgIpc) is 2.79. The summed E-state index contributed by atoms with van der Waals surface area (Å²) < 4.78 is 0. The van der Waals surface area contributed by atoms with Crippen LogP contribution in [-0.2, 0) is 5.75 Å². The molecule has 0 saturated heterocycles. The lowest BCUT2D eigenvalue weighted by Crippen LogP contribution is -1.88. The van der Waals surface area contributed by atoms with Crippen molar-refractivity contribution in [2.75, 3.05) is 5.73 Å². The fourth-order valence-electron chi connectivity index (χ4n) is 2.00. The van der Waals surface area contributed by atoms with Gasteiger partial charge in [-0.15, -0.1) is 0 Å². The molecule has 3 aromatic rings. The van der Waals surface area contributed by atoms with E-state index in [9.17, 15) is 0 Å². The number of aromatic amines is 1. The molecule has 3 N–H and O–H groups in total. The van der Waals surface area contributed by atoms with Gasteiger partial charge in [-0.2, -0.15) is 0 Å². The van der Waals surface area contributed by atoms with Crippen LogP contribution < -0.4 is 5.73 Å². The first kappa shape index (κ1) is 13.3. The second-order valence-electron chi connectivity index (χ2n) is 4.70. The van der Waals surface area contributed by atoms with Gasteiger partial charge in [-0.3, -0.25) is 0 Å². The second kappa shape index (κ2) is 5.38. The number of anilines is 1. The molecule has 0 bridgehead atoms. The summed E-state index contributed by atoms with van der Waals surface area (Å²) in [6, 6.07) is 11.8. The van der Waals surface area contributed by atoms with Gasteiger partial charge in [0.05, 0.1) is 11.0 Å². The molecule has 0 atom stereocenters. The van der Waals surface area contributed by atoms with Gasteiger partial charge in [-0.25, -0.2) is 4.98 Å². The first-order valence-electron chi connectivity index (χ1n) is 6.25. The molecule has 1 aromatic heterocycles. The third-order valence-electron chi connectivity index (χ3n) is 3.06. The van der Waals surface area contributed by atoms with Gasteiger partial charge in [0.15, 0.2) is 5.16 Å². The number of H-pyrrole nitrogens is 1. The Bertz CT molecular complexity index is 767. The number of benzene rings is 2. The second-order valence-corrected chi connectivity index (χ2v) is 6.07. The van der Waals surface area contributed by atoms with Gasteiger partial charge in [0, 0.05) is 16.5 Å².